The first-order chi connectivity index (χ1) is 9.06. The molecule has 0 aliphatic rings. The van der Waals surface area contributed by atoms with Crippen molar-refractivity contribution in [3.8, 4) is 0 Å². The fourth-order valence-corrected chi connectivity index (χ4v) is 2.58. The van der Waals surface area contributed by atoms with E-state index in [1.165, 1.54) is 0 Å². The van der Waals surface area contributed by atoms with Gasteiger partial charge in [0.15, 0.2) is 11.5 Å². The Kier molecular flexibility index (Phi) is 4.22. The van der Waals surface area contributed by atoms with Crippen LogP contribution in [0.4, 0.5) is 0 Å². The van der Waals surface area contributed by atoms with Gasteiger partial charge in [-0.05, 0) is 30.7 Å². The number of hydrogen-bond acceptors (Lipinski definition) is 4. The first-order valence-electron chi connectivity index (χ1n) is 6.72. The highest BCUT2D eigenvalue weighted by Crippen LogP contribution is 2.29. The van der Waals surface area contributed by atoms with Gasteiger partial charge in [-0.3, -0.25) is 0 Å². The molecule has 2 aromatic rings. The van der Waals surface area contributed by atoms with E-state index in [-0.39, 0.29) is 18.6 Å². The predicted octanol–water partition coefficient (Wildman–Crippen LogP) is 2.66. The smallest absolute Gasteiger partial charge is 0.192 e. The van der Waals surface area contributed by atoms with Crippen LogP contribution in [0.5, 0.6) is 0 Å². The van der Waals surface area contributed by atoms with Gasteiger partial charge in [-0.15, -0.1) is 0 Å². The maximum absolute atomic E-state index is 9.60. The van der Waals surface area contributed by atoms with Gasteiger partial charge in [0.25, 0.3) is 0 Å². The van der Waals surface area contributed by atoms with Crippen molar-refractivity contribution in [3.63, 3.8) is 0 Å². The standard InChI is InChI=1S/C15H22N2O2/c1-9(2)12(8-18)15(16-4)11-5-6-13-14(7-11)19-10(3)17-13/h5-7,9,12,15-16,18H,8H2,1-4H3. The average molecular weight is 262 g/mol. The Labute approximate surface area is 113 Å². The number of aromatic nitrogens is 1. The van der Waals surface area contributed by atoms with Gasteiger partial charge in [0.05, 0.1) is 0 Å². The summed E-state index contributed by atoms with van der Waals surface area (Å²) in [7, 11) is 1.92. The molecule has 0 saturated heterocycles. The number of nitrogens with zero attached hydrogens (tertiary/aromatic N) is 1. The predicted molar refractivity (Wildman–Crippen MR) is 76.0 cm³/mol. The normalized spacial score (nSPS) is 15.1. The molecular weight excluding hydrogens is 240 g/mol. The van der Waals surface area contributed by atoms with Crippen molar-refractivity contribution in [3.05, 3.63) is 29.7 Å². The molecule has 104 valence electrons. The number of benzene rings is 1. The zero-order valence-corrected chi connectivity index (χ0v) is 12.0. The topological polar surface area (TPSA) is 58.3 Å². The second kappa shape index (κ2) is 5.72. The van der Waals surface area contributed by atoms with Gasteiger partial charge in [0, 0.05) is 25.5 Å². The summed E-state index contributed by atoms with van der Waals surface area (Å²) in [6.45, 7) is 6.27. The minimum Gasteiger partial charge on any atom is -0.441 e. The summed E-state index contributed by atoms with van der Waals surface area (Å²) in [5.41, 5.74) is 2.80. The van der Waals surface area contributed by atoms with Gasteiger partial charge in [-0.25, -0.2) is 4.98 Å². The van der Waals surface area contributed by atoms with Crippen molar-refractivity contribution in [2.24, 2.45) is 11.8 Å². The van der Waals surface area contributed by atoms with Crippen LogP contribution in [0.15, 0.2) is 22.6 Å². The minimum absolute atomic E-state index is 0.111. The Balaban J connectivity index is 2.39. The van der Waals surface area contributed by atoms with E-state index in [9.17, 15) is 5.11 Å². The van der Waals surface area contributed by atoms with Crippen molar-refractivity contribution in [1.29, 1.82) is 0 Å². The van der Waals surface area contributed by atoms with Crippen LogP contribution in [0.3, 0.4) is 0 Å². The summed E-state index contributed by atoms with van der Waals surface area (Å²) in [6, 6.07) is 6.15. The largest absolute Gasteiger partial charge is 0.441 e. The molecule has 0 amide bonds. The van der Waals surface area contributed by atoms with Crippen molar-refractivity contribution in [1.82, 2.24) is 10.3 Å². The average Bonchev–Trinajstić information content (AvgIpc) is 2.74. The molecule has 2 atom stereocenters. The van der Waals surface area contributed by atoms with Crippen LogP contribution in [0.1, 0.15) is 31.3 Å². The quantitative estimate of drug-likeness (QED) is 0.869. The number of hydrogen-bond donors (Lipinski definition) is 2. The molecule has 2 N–H and O–H groups in total. The highest BCUT2D eigenvalue weighted by molar-refractivity contribution is 5.73. The van der Waals surface area contributed by atoms with Crippen LogP contribution >= 0.6 is 0 Å². The molecule has 0 fully saturated rings. The molecule has 0 aliphatic heterocycles. The first-order valence-corrected chi connectivity index (χ1v) is 6.72. The van der Waals surface area contributed by atoms with Crippen LogP contribution in [0.25, 0.3) is 11.1 Å². The van der Waals surface area contributed by atoms with Crippen LogP contribution in [-0.2, 0) is 0 Å². The molecule has 19 heavy (non-hydrogen) atoms. The Hall–Kier alpha value is -1.39. The van der Waals surface area contributed by atoms with Gasteiger partial charge >= 0.3 is 0 Å². The highest BCUT2D eigenvalue weighted by Gasteiger charge is 2.24. The number of aliphatic hydroxyl groups is 1. The fraction of sp³-hybridized carbons (Fsp3) is 0.533. The van der Waals surface area contributed by atoms with E-state index in [4.69, 9.17) is 4.42 Å². The summed E-state index contributed by atoms with van der Waals surface area (Å²) < 4.78 is 5.58. The van der Waals surface area contributed by atoms with E-state index in [0.29, 0.717) is 11.8 Å². The third-order valence-electron chi connectivity index (χ3n) is 3.68. The molecule has 1 aromatic carbocycles. The number of rotatable bonds is 5. The van der Waals surface area contributed by atoms with Gasteiger partial charge < -0.3 is 14.8 Å². The van der Waals surface area contributed by atoms with Gasteiger partial charge in [-0.1, -0.05) is 19.9 Å². The van der Waals surface area contributed by atoms with E-state index in [0.717, 1.165) is 16.7 Å². The molecule has 0 spiro atoms. The van der Waals surface area contributed by atoms with Crippen molar-refractivity contribution >= 4 is 11.1 Å². The summed E-state index contributed by atoms with van der Waals surface area (Å²) in [5.74, 6) is 1.25. The molecule has 0 saturated carbocycles. The Morgan fingerprint density at radius 3 is 2.68 bits per heavy atom. The second-order valence-electron chi connectivity index (χ2n) is 5.32. The second-order valence-corrected chi connectivity index (χ2v) is 5.32. The lowest BCUT2D eigenvalue weighted by molar-refractivity contribution is 0.154. The molecule has 4 nitrogen and oxygen atoms in total. The Bertz CT molecular complexity index is 548. The Morgan fingerprint density at radius 2 is 2.11 bits per heavy atom. The monoisotopic (exact) mass is 262 g/mol. The van der Waals surface area contributed by atoms with Crippen molar-refractivity contribution in [2.75, 3.05) is 13.7 Å². The Morgan fingerprint density at radius 1 is 1.37 bits per heavy atom. The van der Waals surface area contributed by atoms with Crippen molar-refractivity contribution < 1.29 is 9.52 Å². The lowest BCUT2D eigenvalue weighted by atomic mass is 9.85. The summed E-state index contributed by atoms with van der Waals surface area (Å²) in [4.78, 5) is 4.30. The van der Waals surface area contributed by atoms with E-state index in [1.807, 2.05) is 26.1 Å². The molecular formula is C15H22N2O2. The van der Waals surface area contributed by atoms with Gasteiger partial charge in [-0.2, -0.15) is 0 Å². The zero-order chi connectivity index (χ0) is 14.0. The maximum atomic E-state index is 9.60. The minimum atomic E-state index is 0.111. The molecule has 2 rings (SSSR count). The zero-order valence-electron chi connectivity index (χ0n) is 12.0. The summed E-state index contributed by atoms with van der Waals surface area (Å²) >= 11 is 0. The molecule has 0 bridgehead atoms. The molecule has 1 heterocycles. The molecule has 0 aliphatic carbocycles. The molecule has 2 unspecified atom stereocenters. The number of nitrogens with one attached hydrogen (secondary N) is 1. The highest BCUT2D eigenvalue weighted by atomic mass is 16.3. The number of aliphatic hydroxyl groups excluding tert-OH is 1. The summed E-state index contributed by atoms with van der Waals surface area (Å²) in [6.07, 6.45) is 0. The third kappa shape index (κ3) is 2.80. The van der Waals surface area contributed by atoms with Crippen molar-refractivity contribution in [2.45, 2.75) is 26.8 Å². The molecule has 1 aromatic heterocycles. The lowest BCUT2D eigenvalue weighted by Crippen LogP contribution is -2.31. The van der Waals surface area contributed by atoms with E-state index < -0.39 is 0 Å². The number of fused-ring (bicyclic) bond motifs is 1. The number of oxazole rings is 1. The van der Waals surface area contributed by atoms with Crippen LogP contribution in [0.2, 0.25) is 0 Å². The van der Waals surface area contributed by atoms with E-state index in [1.54, 1.807) is 0 Å². The summed E-state index contributed by atoms with van der Waals surface area (Å²) in [5, 5.41) is 12.9. The lowest BCUT2D eigenvalue weighted by Gasteiger charge is -2.28. The van der Waals surface area contributed by atoms with Crippen LogP contribution < -0.4 is 5.32 Å². The van der Waals surface area contributed by atoms with Gasteiger partial charge in [0.2, 0.25) is 0 Å². The number of aryl methyl sites for hydroxylation is 1. The van der Waals surface area contributed by atoms with Crippen LogP contribution in [0, 0.1) is 18.8 Å². The molecule has 0 radical (unpaired) electrons. The van der Waals surface area contributed by atoms with Crippen LogP contribution in [-0.4, -0.2) is 23.7 Å². The maximum Gasteiger partial charge on any atom is 0.192 e. The first kappa shape index (κ1) is 14.0. The van der Waals surface area contributed by atoms with E-state index in [2.05, 4.69) is 30.2 Å². The third-order valence-corrected chi connectivity index (χ3v) is 3.68. The molecule has 4 heteroatoms. The fourth-order valence-electron chi connectivity index (χ4n) is 2.58. The van der Waals surface area contributed by atoms with Gasteiger partial charge in [0.1, 0.15) is 5.52 Å². The van der Waals surface area contributed by atoms with E-state index >= 15 is 0 Å². The SMILES string of the molecule is CNC(c1ccc2nc(C)oc2c1)C(CO)C(C)C.